The number of pyridine rings is 1. The summed E-state index contributed by atoms with van der Waals surface area (Å²) in [6, 6.07) is 1.86. The van der Waals surface area contributed by atoms with Gasteiger partial charge in [0.1, 0.15) is 0 Å². The molecule has 0 N–H and O–H groups in total. The van der Waals surface area contributed by atoms with Gasteiger partial charge in [0, 0.05) is 10.7 Å². The number of nitrogens with zero attached hydrogens (tertiary/aromatic N) is 1. The lowest BCUT2D eigenvalue weighted by Crippen LogP contribution is -1.85. The molecule has 0 bridgehead atoms. The van der Waals surface area contributed by atoms with Gasteiger partial charge in [0.15, 0.2) is 0 Å². The summed E-state index contributed by atoms with van der Waals surface area (Å²) in [5.74, 6) is 0.431. The summed E-state index contributed by atoms with van der Waals surface area (Å²) in [5.41, 5.74) is 0.857. The number of halogens is 3. The Morgan fingerprint density at radius 2 is 2.20 bits per heavy atom. The zero-order valence-electron chi connectivity index (χ0n) is 4.94. The van der Waals surface area contributed by atoms with Crippen LogP contribution in [0.15, 0.2) is 21.2 Å². The predicted octanol–water partition coefficient (Wildman–Crippen LogP) is 3.35. The lowest BCUT2D eigenvalue weighted by Gasteiger charge is -1.98. The Labute approximate surface area is 81.1 Å². The molecule has 1 heterocycles. The molecule has 0 aliphatic heterocycles. The topological polar surface area (TPSA) is 12.9 Å². The van der Waals surface area contributed by atoms with Crippen molar-refractivity contribution in [2.75, 3.05) is 0 Å². The highest BCUT2D eigenvalue weighted by Gasteiger charge is 2.01. The first kappa shape index (κ1) is 8.50. The van der Waals surface area contributed by atoms with E-state index in [1.807, 2.05) is 6.07 Å². The largest absolute Gasteiger partial charge is 0.259 e. The molecule has 1 aromatic rings. The van der Waals surface area contributed by atoms with Crippen LogP contribution < -0.4 is 0 Å². The van der Waals surface area contributed by atoms with E-state index in [9.17, 15) is 0 Å². The van der Waals surface area contributed by atoms with Gasteiger partial charge in [-0.3, -0.25) is 4.98 Å². The van der Waals surface area contributed by atoms with E-state index in [0.717, 1.165) is 14.6 Å². The lowest BCUT2D eigenvalue weighted by molar-refractivity contribution is 1.14. The molecule has 4 heteroatoms. The monoisotopic (exact) mass is 283 g/mol. The molecular weight excluding hydrogens is 281 g/mol. The molecule has 0 spiro atoms. The Morgan fingerprint density at radius 3 is 2.70 bits per heavy atom. The van der Waals surface area contributed by atoms with Crippen molar-refractivity contribution >= 4 is 43.5 Å². The van der Waals surface area contributed by atoms with Gasteiger partial charge in [-0.05, 0) is 37.9 Å². The number of aromatic nitrogens is 1. The molecule has 0 saturated heterocycles. The van der Waals surface area contributed by atoms with Gasteiger partial charge in [0.25, 0.3) is 0 Å². The summed E-state index contributed by atoms with van der Waals surface area (Å²) in [7, 11) is 0. The average molecular weight is 285 g/mol. The van der Waals surface area contributed by atoms with E-state index in [0.29, 0.717) is 5.88 Å². The fourth-order valence-electron chi connectivity index (χ4n) is 0.554. The van der Waals surface area contributed by atoms with Gasteiger partial charge in [-0.15, -0.1) is 11.6 Å². The molecule has 0 unspecified atom stereocenters. The number of alkyl halides is 1. The van der Waals surface area contributed by atoms with Crippen molar-refractivity contribution in [3.8, 4) is 0 Å². The van der Waals surface area contributed by atoms with E-state index in [4.69, 9.17) is 11.6 Å². The number of hydrogen-bond acceptors (Lipinski definition) is 1. The van der Waals surface area contributed by atoms with Gasteiger partial charge in [0.2, 0.25) is 0 Å². The predicted molar refractivity (Wildman–Crippen MR) is 49.2 cm³/mol. The zero-order valence-corrected chi connectivity index (χ0v) is 8.87. The van der Waals surface area contributed by atoms with Crippen molar-refractivity contribution in [3.63, 3.8) is 0 Å². The summed E-state index contributed by atoms with van der Waals surface area (Å²) in [6.07, 6.45) is 1.71. The van der Waals surface area contributed by atoms with Crippen LogP contribution in [0.25, 0.3) is 0 Å². The summed E-state index contributed by atoms with van der Waals surface area (Å²) in [4.78, 5) is 4.05. The maximum Gasteiger partial charge on any atom is 0.0704 e. The first-order valence-corrected chi connectivity index (χ1v) is 4.72. The molecule has 0 saturated carbocycles. The van der Waals surface area contributed by atoms with Crippen molar-refractivity contribution in [1.29, 1.82) is 0 Å². The normalized spacial score (nSPS) is 9.90. The number of rotatable bonds is 1. The summed E-state index contributed by atoms with van der Waals surface area (Å²) in [5, 5.41) is 0. The van der Waals surface area contributed by atoms with E-state index in [2.05, 4.69) is 36.8 Å². The molecule has 0 aliphatic rings. The van der Waals surface area contributed by atoms with E-state index >= 15 is 0 Å². The van der Waals surface area contributed by atoms with Gasteiger partial charge >= 0.3 is 0 Å². The molecular formula is C6H4Br2ClN. The second-order valence-corrected chi connectivity index (χ2v) is 3.60. The maximum absolute atomic E-state index is 5.59. The first-order valence-electron chi connectivity index (χ1n) is 2.60. The van der Waals surface area contributed by atoms with Crippen LogP contribution in [-0.2, 0) is 5.88 Å². The minimum Gasteiger partial charge on any atom is -0.259 e. The van der Waals surface area contributed by atoms with Crippen molar-refractivity contribution in [2.45, 2.75) is 5.88 Å². The van der Waals surface area contributed by atoms with Crippen molar-refractivity contribution in [2.24, 2.45) is 0 Å². The van der Waals surface area contributed by atoms with Gasteiger partial charge in [-0.2, -0.15) is 0 Å². The minimum atomic E-state index is 0.431. The van der Waals surface area contributed by atoms with Gasteiger partial charge in [0.05, 0.1) is 16.0 Å². The van der Waals surface area contributed by atoms with Gasteiger partial charge < -0.3 is 0 Å². The molecule has 0 atom stereocenters. The summed E-state index contributed by atoms with van der Waals surface area (Å²) in [6.45, 7) is 0. The van der Waals surface area contributed by atoms with Crippen LogP contribution in [0.3, 0.4) is 0 Å². The standard InChI is InChI=1S/C6H4Br2ClN/c7-4-1-2-10-5(3-9)6(4)8/h1-2H,3H2. The SMILES string of the molecule is ClCc1nccc(Br)c1Br. The summed E-state index contributed by atoms with van der Waals surface area (Å²) >= 11 is 12.3. The highest BCUT2D eigenvalue weighted by molar-refractivity contribution is 9.13. The Kier molecular flexibility index (Phi) is 3.14. The van der Waals surface area contributed by atoms with E-state index in [-0.39, 0.29) is 0 Å². The number of hydrogen-bond donors (Lipinski definition) is 0. The van der Waals surface area contributed by atoms with E-state index in [1.54, 1.807) is 6.20 Å². The highest BCUT2D eigenvalue weighted by atomic mass is 79.9. The van der Waals surface area contributed by atoms with Crippen molar-refractivity contribution in [3.05, 3.63) is 26.9 Å². The molecule has 1 aromatic heterocycles. The van der Waals surface area contributed by atoms with Crippen LogP contribution in [0.2, 0.25) is 0 Å². The minimum absolute atomic E-state index is 0.431. The van der Waals surface area contributed by atoms with Gasteiger partial charge in [-0.1, -0.05) is 0 Å². The van der Waals surface area contributed by atoms with Crippen molar-refractivity contribution in [1.82, 2.24) is 4.98 Å². The Bertz CT molecular complexity index is 239. The first-order chi connectivity index (χ1) is 4.75. The molecule has 1 rings (SSSR count). The quantitative estimate of drug-likeness (QED) is 0.721. The maximum atomic E-state index is 5.59. The van der Waals surface area contributed by atoms with E-state index < -0.39 is 0 Å². The fraction of sp³-hybridized carbons (Fsp3) is 0.167. The smallest absolute Gasteiger partial charge is 0.0704 e. The van der Waals surface area contributed by atoms with Crippen molar-refractivity contribution < 1.29 is 0 Å². The zero-order chi connectivity index (χ0) is 7.56. The van der Waals surface area contributed by atoms with Crippen LogP contribution in [0.4, 0.5) is 0 Å². The third-order valence-electron chi connectivity index (χ3n) is 1.04. The Hall–Kier alpha value is 0.400. The Balaban J connectivity index is 3.14. The second-order valence-electron chi connectivity index (χ2n) is 1.69. The van der Waals surface area contributed by atoms with Crippen LogP contribution in [0, 0.1) is 0 Å². The second kappa shape index (κ2) is 3.69. The molecule has 10 heavy (non-hydrogen) atoms. The molecule has 54 valence electrons. The third kappa shape index (κ3) is 1.71. The summed E-state index contributed by atoms with van der Waals surface area (Å²) < 4.78 is 1.92. The molecule has 0 aliphatic carbocycles. The molecule has 0 fully saturated rings. The fourth-order valence-corrected chi connectivity index (χ4v) is 1.64. The molecule has 0 amide bonds. The van der Waals surface area contributed by atoms with Crippen LogP contribution in [-0.4, -0.2) is 4.98 Å². The molecule has 0 aromatic carbocycles. The Morgan fingerprint density at radius 1 is 1.50 bits per heavy atom. The molecule has 0 radical (unpaired) electrons. The van der Waals surface area contributed by atoms with Crippen LogP contribution in [0.1, 0.15) is 5.69 Å². The lowest BCUT2D eigenvalue weighted by atomic mass is 10.4. The average Bonchev–Trinajstić information content (AvgIpc) is 1.95. The van der Waals surface area contributed by atoms with E-state index in [1.165, 1.54) is 0 Å². The van der Waals surface area contributed by atoms with Crippen LogP contribution >= 0.6 is 43.5 Å². The van der Waals surface area contributed by atoms with Gasteiger partial charge in [-0.25, -0.2) is 0 Å². The highest BCUT2D eigenvalue weighted by Crippen LogP contribution is 2.25. The third-order valence-corrected chi connectivity index (χ3v) is 3.37. The molecule has 1 nitrogen and oxygen atoms in total. The van der Waals surface area contributed by atoms with Crippen LogP contribution in [0.5, 0.6) is 0 Å².